The molecule has 1 aliphatic rings. The number of carbonyl (C=O) groups is 1. The maximum atomic E-state index is 11.8. The molecule has 3 N–H and O–H groups in total. The summed E-state index contributed by atoms with van der Waals surface area (Å²) in [6.45, 7) is 1.93. The minimum Gasteiger partial charge on any atom is -0.489 e. The Morgan fingerprint density at radius 2 is 1.92 bits per heavy atom. The van der Waals surface area contributed by atoms with Gasteiger partial charge in [-0.05, 0) is 42.0 Å². The van der Waals surface area contributed by atoms with E-state index in [-0.39, 0.29) is 19.1 Å². The third-order valence-corrected chi connectivity index (χ3v) is 4.18. The number of rotatable bonds is 6. The number of ether oxygens (including phenoxy) is 2. The maximum Gasteiger partial charge on any atom is 0.251 e. The van der Waals surface area contributed by atoms with Crippen LogP contribution in [0.5, 0.6) is 11.5 Å². The number of fused-ring (bicyclic) bond motifs is 1. The highest BCUT2D eigenvalue weighted by Gasteiger charge is 2.15. The van der Waals surface area contributed by atoms with Crippen molar-refractivity contribution in [2.24, 2.45) is 0 Å². The molecule has 1 aliphatic heterocycles. The van der Waals surface area contributed by atoms with E-state index in [0.29, 0.717) is 41.8 Å². The van der Waals surface area contributed by atoms with Crippen LogP contribution in [-0.2, 0) is 6.54 Å². The number of amides is 1. The monoisotopic (exact) mass is 376 g/mol. The van der Waals surface area contributed by atoms with Crippen LogP contribution in [0.25, 0.3) is 0 Å². The lowest BCUT2D eigenvalue weighted by molar-refractivity contribution is 0.0945. The van der Waals surface area contributed by atoms with Gasteiger partial charge in [-0.25, -0.2) is 0 Å². The van der Waals surface area contributed by atoms with Crippen molar-refractivity contribution >= 4 is 23.2 Å². The highest BCUT2D eigenvalue weighted by atomic mass is 35.5. The summed E-state index contributed by atoms with van der Waals surface area (Å²) in [5.41, 5.74) is 2.40. The van der Waals surface area contributed by atoms with Crippen LogP contribution >= 0.6 is 11.6 Å². The Morgan fingerprint density at radius 3 is 2.69 bits per heavy atom. The van der Waals surface area contributed by atoms with Gasteiger partial charge in [-0.2, -0.15) is 0 Å². The fourth-order valence-electron chi connectivity index (χ4n) is 2.60. The molecular weight excluding hydrogens is 356 g/mol. The maximum absolute atomic E-state index is 11.8. The zero-order valence-electron chi connectivity index (χ0n) is 14.3. The molecule has 0 aliphatic carbocycles. The molecule has 0 saturated heterocycles. The van der Waals surface area contributed by atoms with E-state index in [4.69, 9.17) is 26.2 Å². The smallest absolute Gasteiger partial charge is 0.251 e. The summed E-state index contributed by atoms with van der Waals surface area (Å²) in [6, 6.07) is 10.9. The van der Waals surface area contributed by atoms with E-state index in [0.717, 1.165) is 17.7 Å². The standard InChI is InChI=1S/C19H21ClN2O4/c20-16-10-13(11-17-18(16)26-9-1-8-25-17)12-22-15-4-2-14(3-5-15)19(24)21-6-7-23/h2-5,10-11,22-23H,1,6-9,12H2,(H,21,24). The first kappa shape index (κ1) is 18.4. The third kappa shape index (κ3) is 4.59. The van der Waals surface area contributed by atoms with Gasteiger partial charge in [0.1, 0.15) is 0 Å². The first-order chi connectivity index (χ1) is 12.7. The summed E-state index contributed by atoms with van der Waals surface area (Å²) < 4.78 is 11.3. The summed E-state index contributed by atoms with van der Waals surface area (Å²) in [7, 11) is 0. The summed E-state index contributed by atoms with van der Waals surface area (Å²) in [6.07, 6.45) is 0.830. The Hall–Kier alpha value is -2.44. The van der Waals surface area contributed by atoms with E-state index in [2.05, 4.69) is 10.6 Å². The molecule has 26 heavy (non-hydrogen) atoms. The second-order valence-electron chi connectivity index (χ2n) is 5.87. The molecule has 7 heteroatoms. The van der Waals surface area contributed by atoms with Crippen molar-refractivity contribution in [2.45, 2.75) is 13.0 Å². The molecule has 1 amide bonds. The number of anilines is 1. The SMILES string of the molecule is O=C(NCCO)c1ccc(NCc2cc(Cl)c3c(c2)OCCCO3)cc1. The molecule has 6 nitrogen and oxygen atoms in total. The number of halogens is 1. The van der Waals surface area contributed by atoms with Gasteiger partial charge >= 0.3 is 0 Å². The lowest BCUT2D eigenvalue weighted by Gasteiger charge is -2.13. The lowest BCUT2D eigenvalue weighted by Crippen LogP contribution is -2.26. The second-order valence-corrected chi connectivity index (χ2v) is 6.27. The molecule has 2 aromatic carbocycles. The molecule has 0 bridgehead atoms. The minimum atomic E-state index is -0.208. The van der Waals surface area contributed by atoms with Crippen molar-refractivity contribution in [3.05, 3.63) is 52.5 Å². The van der Waals surface area contributed by atoms with Gasteiger partial charge in [0, 0.05) is 30.8 Å². The van der Waals surface area contributed by atoms with E-state index >= 15 is 0 Å². The normalized spacial score (nSPS) is 13.0. The minimum absolute atomic E-state index is 0.0799. The molecule has 3 rings (SSSR count). The molecular formula is C19H21ClN2O4. The van der Waals surface area contributed by atoms with Gasteiger partial charge in [0.15, 0.2) is 11.5 Å². The molecule has 0 unspecified atom stereocenters. The Kier molecular flexibility index (Phi) is 6.20. The number of aliphatic hydroxyl groups excluding tert-OH is 1. The molecule has 0 spiro atoms. The summed E-state index contributed by atoms with van der Waals surface area (Å²) in [5, 5.41) is 15.2. The quantitative estimate of drug-likeness (QED) is 0.722. The first-order valence-corrected chi connectivity index (χ1v) is 8.86. The van der Waals surface area contributed by atoms with Crippen LogP contribution in [0.3, 0.4) is 0 Å². The molecule has 1 heterocycles. The summed E-state index contributed by atoms with van der Waals surface area (Å²) in [5.74, 6) is 1.06. The average Bonchev–Trinajstić information content (AvgIpc) is 2.91. The van der Waals surface area contributed by atoms with Gasteiger partial charge in [-0.1, -0.05) is 11.6 Å². The van der Waals surface area contributed by atoms with Crippen molar-refractivity contribution in [1.29, 1.82) is 0 Å². The van der Waals surface area contributed by atoms with Crippen molar-refractivity contribution in [2.75, 3.05) is 31.7 Å². The Labute approximate surface area is 157 Å². The van der Waals surface area contributed by atoms with Crippen molar-refractivity contribution in [3.63, 3.8) is 0 Å². The Bertz CT molecular complexity index is 765. The lowest BCUT2D eigenvalue weighted by atomic mass is 10.1. The molecule has 0 radical (unpaired) electrons. The van der Waals surface area contributed by atoms with E-state index in [1.54, 1.807) is 12.1 Å². The fourth-order valence-corrected chi connectivity index (χ4v) is 2.89. The molecule has 2 aromatic rings. The number of carbonyl (C=O) groups excluding carboxylic acids is 1. The van der Waals surface area contributed by atoms with Crippen LogP contribution in [0.4, 0.5) is 5.69 Å². The second kappa shape index (κ2) is 8.78. The predicted molar refractivity (Wildman–Crippen MR) is 100 cm³/mol. The molecule has 0 fully saturated rings. The highest BCUT2D eigenvalue weighted by Crippen LogP contribution is 2.38. The highest BCUT2D eigenvalue weighted by molar-refractivity contribution is 6.32. The Morgan fingerprint density at radius 1 is 1.15 bits per heavy atom. The van der Waals surface area contributed by atoms with Gasteiger partial charge in [-0.3, -0.25) is 4.79 Å². The van der Waals surface area contributed by atoms with Crippen LogP contribution in [0, 0.1) is 0 Å². The number of nitrogens with one attached hydrogen (secondary N) is 2. The van der Waals surface area contributed by atoms with Crippen molar-refractivity contribution in [1.82, 2.24) is 5.32 Å². The van der Waals surface area contributed by atoms with Crippen molar-refractivity contribution < 1.29 is 19.4 Å². The zero-order chi connectivity index (χ0) is 18.4. The number of aliphatic hydroxyl groups is 1. The average molecular weight is 377 g/mol. The van der Waals surface area contributed by atoms with Gasteiger partial charge in [0.2, 0.25) is 0 Å². The summed E-state index contributed by atoms with van der Waals surface area (Å²) in [4.78, 5) is 11.8. The fraction of sp³-hybridized carbons (Fsp3) is 0.316. The first-order valence-electron chi connectivity index (χ1n) is 8.48. The van der Waals surface area contributed by atoms with Crippen LogP contribution < -0.4 is 20.1 Å². The third-order valence-electron chi connectivity index (χ3n) is 3.90. The van der Waals surface area contributed by atoms with E-state index in [1.165, 1.54) is 0 Å². The molecule has 0 saturated carbocycles. The van der Waals surface area contributed by atoms with Crippen molar-refractivity contribution in [3.8, 4) is 11.5 Å². The zero-order valence-corrected chi connectivity index (χ0v) is 15.0. The molecule has 0 atom stereocenters. The number of benzene rings is 2. The van der Waals surface area contributed by atoms with Gasteiger partial charge < -0.3 is 25.2 Å². The van der Waals surface area contributed by atoms with E-state index in [1.807, 2.05) is 24.3 Å². The number of hydrogen-bond donors (Lipinski definition) is 3. The van der Waals surface area contributed by atoms with E-state index in [9.17, 15) is 4.79 Å². The molecule has 0 aromatic heterocycles. The van der Waals surface area contributed by atoms with Crippen LogP contribution in [-0.4, -0.2) is 37.4 Å². The van der Waals surface area contributed by atoms with Crippen LogP contribution in [0.1, 0.15) is 22.3 Å². The molecule has 138 valence electrons. The predicted octanol–water partition coefficient (Wildman–Crippen LogP) is 2.84. The van der Waals surface area contributed by atoms with Crippen LogP contribution in [0.15, 0.2) is 36.4 Å². The largest absolute Gasteiger partial charge is 0.489 e. The van der Waals surface area contributed by atoms with Gasteiger partial charge in [0.05, 0.1) is 24.8 Å². The summed E-state index contributed by atoms with van der Waals surface area (Å²) >= 11 is 6.30. The Balaban J connectivity index is 1.63. The van der Waals surface area contributed by atoms with E-state index < -0.39 is 0 Å². The van der Waals surface area contributed by atoms with Gasteiger partial charge in [-0.15, -0.1) is 0 Å². The number of hydrogen-bond acceptors (Lipinski definition) is 5. The van der Waals surface area contributed by atoms with Gasteiger partial charge in [0.25, 0.3) is 5.91 Å². The van der Waals surface area contributed by atoms with Crippen LogP contribution in [0.2, 0.25) is 5.02 Å². The topological polar surface area (TPSA) is 79.8 Å².